The number of piperidine rings is 2. The number of carbonyl (C=O) groups excluding carboxylic acids is 1. The van der Waals surface area contributed by atoms with Gasteiger partial charge in [-0.1, -0.05) is 11.6 Å². The maximum atomic E-state index is 12.7. The van der Waals surface area contributed by atoms with E-state index in [9.17, 15) is 4.79 Å². The smallest absolute Gasteiger partial charge is 0.223 e. The zero-order chi connectivity index (χ0) is 20.9. The van der Waals surface area contributed by atoms with Crippen molar-refractivity contribution in [2.45, 2.75) is 52.0 Å². The molecular weight excluding hydrogens is 380 g/mol. The summed E-state index contributed by atoms with van der Waals surface area (Å²) < 4.78 is 5.13. The van der Waals surface area contributed by atoms with Crippen LogP contribution in [0.5, 0.6) is 0 Å². The van der Waals surface area contributed by atoms with Gasteiger partial charge in [-0.15, -0.1) is 0 Å². The van der Waals surface area contributed by atoms with Gasteiger partial charge in [0.1, 0.15) is 5.82 Å². The Labute approximate surface area is 178 Å². The molecule has 4 heterocycles. The largest absolute Gasteiger partial charge is 0.356 e. The first kappa shape index (κ1) is 20.8. The van der Waals surface area contributed by atoms with E-state index in [2.05, 4.69) is 37.2 Å². The molecule has 0 unspecified atom stereocenters. The molecule has 4 rings (SSSR count). The second kappa shape index (κ2) is 9.55. The summed E-state index contributed by atoms with van der Waals surface area (Å²) in [7, 11) is 0. The van der Waals surface area contributed by atoms with Crippen molar-refractivity contribution in [2.75, 3.05) is 37.6 Å². The highest BCUT2D eigenvalue weighted by atomic mass is 16.5. The van der Waals surface area contributed by atoms with Gasteiger partial charge in [0.15, 0.2) is 0 Å². The molecule has 0 spiro atoms. The summed E-state index contributed by atoms with van der Waals surface area (Å²) >= 11 is 0. The van der Waals surface area contributed by atoms with Crippen molar-refractivity contribution in [1.29, 1.82) is 0 Å². The number of nitrogens with zero attached hydrogens (tertiary/aromatic N) is 5. The summed E-state index contributed by atoms with van der Waals surface area (Å²) in [5.74, 6) is 2.21. The molecule has 2 aromatic rings. The van der Waals surface area contributed by atoms with E-state index in [0.29, 0.717) is 17.8 Å². The lowest BCUT2D eigenvalue weighted by atomic mass is 9.95. The van der Waals surface area contributed by atoms with Crippen LogP contribution in [-0.2, 0) is 4.79 Å². The highest BCUT2D eigenvalue weighted by Gasteiger charge is 2.27. The number of pyridine rings is 1. The normalized spacial score (nSPS) is 21.0. The molecule has 0 bridgehead atoms. The Hall–Kier alpha value is -2.48. The van der Waals surface area contributed by atoms with E-state index in [1.165, 1.54) is 19.3 Å². The minimum absolute atomic E-state index is 0.0691. The van der Waals surface area contributed by atoms with Crippen LogP contribution in [0.4, 0.5) is 5.82 Å². The van der Waals surface area contributed by atoms with E-state index in [0.717, 1.165) is 56.9 Å². The Morgan fingerprint density at radius 3 is 2.80 bits per heavy atom. The summed E-state index contributed by atoms with van der Waals surface area (Å²) in [4.78, 5) is 26.3. The fraction of sp³-hybridized carbons (Fsp3) is 0.636. The molecule has 1 amide bonds. The molecule has 8 nitrogen and oxygen atoms in total. The van der Waals surface area contributed by atoms with Crippen molar-refractivity contribution < 1.29 is 9.32 Å². The van der Waals surface area contributed by atoms with Crippen LogP contribution in [0.15, 0.2) is 22.9 Å². The second-order valence-corrected chi connectivity index (χ2v) is 8.44. The summed E-state index contributed by atoms with van der Waals surface area (Å²) in [6.07, 6.45) is 7.31. The first-order valence-corrected chi connectivity index (χ1v) is 11.1. The van der Waals surface area contributed by atoms with Crippen LogP contribution in [0.2, 0.25) is 0 Å². The zero-order valence-electron chi connectivity index (χ0n) is 18.0. The van der Waals surface area contributed by atoms with Gasteiger partial charge in [0, 0.05) is 51.3 Å². The van der Waals surface area contributed by atoms with Crippen LogP contribution >= 0.6 is 0 Å². The van der Waals surface area contributed by atoms with Crippen LogP contribution in [0, 0.1) is 12.8 Å². The van der Waals surface area contributed by atoms with Crippen molar-refractivity contribution in [2.24, 2.45) is 5.92 Å². The quantitative estimate of drug-likeness (QED) is 0.780. The minimum Gasteiger partial charge on any atom is -0.356 e. The topological polar surface area (TPSA) is 87.4 Å². The number of carbonyl (C=O) groups is 1. The average Bonchev–Trinajstić information content (AvgIpc) is 3.21. The van der Waals surface area contributed by atoms with Gasteiger partial charge in [0.25, 0.3) is 0 Å². The molecule has 0 saturated carbocycles. The molecule has 162 valence electrons. The molecule has 1 atom stereocenters. The molecule has 30 heavy (non-hydrogen) atoms. The van der Waals surface area contributed by atoms with E-state index in [-0.39, 0.29) is 11.8 Å². The molecule has 2 fully saturated rings. The molecule has 0 radical (unpaired) electrons. The van der Waals surface area contributed by atoms with Crippen molar-refractivity contribution in [3.8, 4) is 11.4 Å². The number of hydrogen-bond donors (Lipinski definition) is 1. The molecule has 0 aromatic carbocycles. The predicted molar refractivity (Wildman–Crippen MR) is 115 cm³/mol. The highest BCUT2D eigenvalue weighted by molar-refractivity contribution is 5.79. The summed E-state index contributed by atoms with van der Waals surface area (Å²) in [5, 5.41) is 7.21. The Morgan fingerprint density at radius 1 is 1.23 bits per heavy atom. The van der Waals surface area contributed by atoms with Gasteiger partial charge in [0.05, 0.1) is 5.56 Å². The third-order valence-corrected chi connectivity index (χ3v) is 6.36. The maximum absolute atomic E-state index is 12.7. The monoisotopic (exact) mass is 412 g/mol. The Bertz CT molecular complexity index is 846. The second-order valence-electron chi connectivity index (χ2n) is 8.44. The van der Waals surface area contributed by atoms with Crippen molar-refractivity contribution >= 4 is 11.7 Å². The molecular formula is C22H32N6O2. The van der Waals surface area contributed by atoms with E-state index in [1.807, 2.05) is 12.1 Å². The Morgan fingerprint density at radius 2 is 2.07 bits per heavy atom. The maximum Gasteiger partial charge on any atom is 0.223 e. The number of hydrogen-bond acceptors (Lipinski definition) is 7. The van der Waals surface area contributed by atoms with Gasteiger partial charge >= 0.3 is 0 Å². The number of likely N-dealkylation sites (tertiary alicyclic amines) is 1. The van der Waals surface area contributed by atoms with Crippen LogP contribution in [0.25, 0.3) is 11.4 Å². The van der Waals surface area contributed by atoms with E-state index in [1.54, 1.807) is 13.1 Å². The highest BCUT2D eigenvalue weighted by Crippen LogP contribution is 2.30. The SMILES string of the molecule is Cc1nc(-c2cccnc2N2CCC(C(=O)NCCN3CCCC[C@H]3C)CC2)no1. The molecule has 2 aliphatic rings. The standard InChI is InChI=1S/C22H32N6O2/c1-16-6-3-4-12-27(16)15-11-24-22(29)18-8-13-28(14-9-18)21-19(7-5-10-23-21)20-25-17(2)30-26-20/h5,7,10,16,18H,3-4,6,8-9,11-15H2,1-2H3,(H,24,29)/t16-/m1/s1. The number of anilines is 1. The van der Waals surface area contributed by atoms with E-state index in [4.69, 9.17) is 4.52 Å². The molecule has 2 saturated heterocycles. The lowest BCUT2D eigenvalue weighted by Gasteiger charge is -2.34. The van der Waals surface area contributed by atoms with Crippen LogP contribution in [-0.4, -0.2) is 64.7 Å². The third kappa shape index (κ3) is 4.80. The molecule has 1 N–H and O–H groups in total. The summed E-state index contributed by atoms with van der Waals surface area (Å²) in [6, 6.07) is 4.48. The lowest BCUT2D eigenvalue weighted by molar-refractivity contribution is -0.125. The first-order valence-electron chi connectivity index (χ1n) is 11.1. The number of aromatic nitrogens is 3. The van der Waals surface area contributed by atoms with E-state index >= 15 is 0 Å². The number of rotatable bonds is 6. The number of amides is 1. The van der Waals surface area contributed by atoms with Crippen LogP contribution in [0.3, 0.4) is 0 Å². The van der Waals surface area contributed by atoms with Crippen molar-refractivity contribution in [3.05, 3.63) is 24.2 Å². The van der Waals surface area contributed by atoms with Gasteiger partial charge in [-0.3, -0.25) is 9.69 Å². The molecule has 0 aliphatic carbocycles. The third-order valence-electron chi connectivity index (χ3n) is 6.36. The lowest BCUT2D eigenvalue weighted by Crippen LogP contribution is -2.45. The zero-order valence-corrected chi connectivity index (χ0v) is 18.0. The van der Waals surface area contributed by atoms with Gasteiger partial charge in [-0.2, -0.15) is 4.98 Å². The van der Waals surface area contributed by atoms with Gasteiger partial charge < -0.3 is 14.7 Å². The Kier molecular flexibility index (Phi) is 6.62. The van der Waals surface area contributed by atoms with Crippen LogP contribution < -0.4 is 10.2 Å². The molecule has 2 aromatic heterocycles. The minimum atomic E-state index is 0.0691. The van der Waals surface area contributed by atoms with E-state index < -0.39 is 0 Å². The fourth-order valence-electron chi connectivity index (χ4n) is 4.54. The summed E-state index contributed by atoms with van der Waals surface area (Å²) in [6.45, 7) is 8.51. The predicted octanol–water partition coefficient (Wildman–Crippen LogP) is 2.65. The molecule has 2 aliphatic heterocycles. The van der Waals surface area contributed by atoms with Gasteiger partial charge in [0.2, 0.25) is 17.6 Å². The van der Waals surface area contributed by atoms with Gasteiger partial charge in [-0.25, -0.2) is 4.98 Å². The first-order chi connectivity index (χ1) is 14.6. The summed E-state index contributed by atoms with van der Waals surface area (Å²) in [5.41, 5.74) is 0.868. The van der Waals surface area contributed by atoms with Crippen molar-refractivity contribution in [3.63, 3.8) is 0 Å². The van der Waals surface area contributed by atoms with Crippen molar-refractivity contribution in [1.82, 2.24) is 25.3 Å². The number of aryl methyl sites for hydroxylation is 1. The van der Waals surface area contributed by atoms with Gasteiger partial charge in [-0.05, 0) is 51.3 Å². The number of nitrogens with one attached hydrogen (secondary N) is 1. The average molecular weight is 413 g/mol. The molecule has 8 heteroatoms. The Balaban J connectivity index is 1.28. The van der Waals surface area contributed by atoms with Crippen LogP contribution in [0.1, 0.15) is 44.9 Å². The fourth-order valence-corrected chi connectivity index (χ4v) is 4.54.